The quantitative estimate of drug-likeness (QED) is 0.507. The SMILES string of the molecule is COCCN(CCOC)C1=C(c2ccc(Cl)cc2)C(=O)N(c2cc(C)ccc2OC)C1=O. The molecule has 0 aliphatic carbocycles. The average Bonchev–Trinajstić information content (AvgIpc) is 3.04. The van der Waals surface area contributed by atoms with Gasteiger partial charge >= 0.3 is 0 Å². The van der Waals surface area contributed by atoms with E-state index in [1.165, 1.54) is 12.0 Å². The average molecular weight is 459 g/mol. The van der Waals surface area contributed by atoms with Crippen LogP contribution in [-0.2, 0) is 19.1 Å². The molecule has 1 heterocycles. The van der Waals surface area contributed by atoms with Gasteiger partial charge in [-0.3, -0.25) is 9.59 Å². The first-order valence-electron chi connectivity index (χ1n) is 10.2. The first kappa shape index (κ1) is 23.8. The van der Waals surface area contributed by atoms with Crippen LogP contribution in [0, 0.1) is 6.92 Å². The number of imide groups is 1. The second-order valence-electron chi connectivity index (χ2n) is 7.32. The van der Waals surface area contributed by atoms with Crippen LogP contribution in [0.5, 0.6) is 5.75 Å². The fraction of sp³-hybridized carbons (Fsp3) is 0.333. The van der Waals surface area contributed by atoms with Gasteiger partial charge in [-0.25, -0.2) is 4.90 Å². The van der Waals surface area contributed by atoms with Gasteiger partial charge in [0.1, 0.15) is 11.4 Å². The Bertz CT molecular complexity index is 1010. The molecule has 0 unspecified atom stereocenters. The third-order valence-electron chi connectivity index (χ3n) is 5.21. The largest absolute Gasteiger partial charge is 0.495 e. The Kier molecular flexibility index (Phi) is 7.90. The predicted molar refractivity (Wildman–Crippen MR) is 124 cm³/mol. The lowest BCUT2D eigenvalue weighted by molar-refractivity contribution is -0.120. The fourth-order valence-corrected chi connectivity index (χ4v) is 3.75. The van der Waals surface area contributed by atoms with Crippen molar-refractivity contribution in [3.8, 4) is 5.75 Å². The van der Waals surface area contributed by atoms with Gasteiger partial charge in [-0.15, -0.1) is 0 Å². The summed E-state index contributed by atoms with van der Waals surface area (Å²) in [5.74, 6) is -0.401. The number of benzene rings is 2. The molecule has 0 spiro atoms. The van der Waals surface area contributed by atoms with Crippen molar-refractivity contribution in [3.63, 3.8) is 0 Å². The summed E-state index contributed by atoms with van der Waals surface area (Å²) in [6.07, 6.45) is 0. The summed E-state index contributed by atoms with van der Waals surface area (Å²) < 4.78 is 15.9. The maximum atomic E-state index is 13.8. The zero-order chi connectivity index (χ0) is 23.3. The highest BCUT2D eigenvalue weighted by atomic mass is 35.5. The molecule has 0 radical (unpaired) electrons. The zero-order valence-electron chi connectivity index (χ0n) is 18.7. The van der Waals surface area contributed by atoms with E-state index in [0.717, 1.165) is 5.56 Å². The number of methoxy groups -OCH3 is 3. The van der Waals surface area contributed by atoms with Crippen LogP contribution in [0.3, 0.4) is 0 Å². The van der Waals surface area contributed by atoms with E-state index in [1.807, 2.05) is 17.9 Å². The molecule has 3 rings (SSSR count). The van der Waals surface area contributed by atoms with E-state index in [-0.39, 0.29) is 0 Å². The minimum atomic E-state index is -0.420. The highest BCUT2D eigenvalue weighted by Gasteiger charge is 2.43. The molecule has 0 saturated carbocycles. The summed E-state index contributed by atoms with van der Waals surface area (Å²) in [7, 11) is 4.69. The van der Waals surface area contributed by atoms with Crippen molar-refractivity contribution in [1.29, 1.82) is 0 Å². The van der Waals surface area contributed by atoms with Crippen molar-refractivity contribution in [2.75, 3.05) is 52.5 Å². The highest BCUT2D eigenvalue weighted by molar-refractivity contribution is 6.45. The summed E-state index contributed by atoms with van der Waals surface area (Å²) in [5, 5.41) is 0.542. The van der Waals surface area contributed by atoms with Gasteiger partial charge in [0.15, 0.2) is 0 Å². The van der Waals surface area contributed by atoms with Crippen molar-refractivity contribution in [1.82, 2.24) is 4.90 Å². The Morgan fingerprint density at radius 2 is 1.53 bits per heavy atom. The molecular weight excluding hydrogens is 432 g/mol. The lowest BCUT2D eigenvalue weighted by atomic mass is 10.0. The van der Waals surface area contributed by atoms with Crippen molar-refractivity contribution in [2.24, 2.45) is 0 Å². The normalized spacial score (nSPS) is 13.8. The first-order valence-corrected chi connectivity index (χ1v) is 10.6. The fourth-order valence-electron chi connectivity index (χ4n) is 3.62. The number of hydrogen-bond donors (Lipinski definition) is 0. The monoisotopic (exact) mass is 458 g/mol. The molecule has 0 atom stereocenters. The second kappa shape index (κ2) is 10.6. The van der Waals surface area contributed by atoms with Crippen LogP contribution >= 0.6 is 11.6 Å². The molecule has 1 aliphatic rings. The Balaban J connectivity index is 2.17. The molecule has 0 aromatic heterocycles. The Hall–Kier alpha value is -2.87. The van der Waals surface area contributed by atoms with Gasteiger partial charge < -0.3 is 19.1 Å². The highest BCUT2D eigenvalue weighted by Crippen LogP contribution is 2.39. The molecule has 170 valence electrons. The Morgan fingerprint density at radius 3 is 2.09 bits per heavy atom. The molecule has 0 fully saturated rings. The maximum Gasteiger partial charge on any atom is 0.282 e. The summed E-state index contributed by atoms with van der Waals surface area (Å²) in [4.78, 5) is 30.5. The number of amides is 2. The topological polar surface area (TPSA) is 68.3 Å². The van der Waals surface area contributed by atoms with Gasteiger partial charge in [0.2, 0.25) is 0 Å². The minimum Gasteiger partial charge on any atom is -0.495 e. The van der Waals surface area contributed by atoms with Crippen molar-refractivity contribution in [2.45, 2.75) is 6.92 Å². The van der Waals surface area contributed by atoms with Gasteiger partial charge in [-0.05, 0) is 42.3 Å². The smallest absolute Gasteiger partial charge is 0.282 e. The number of carbonyl (C=O) groups is 2. The van der Waals surface area contributed by atoms with Crippen LogP contribution in [0.25, 0.3) is 5.57 Å². The number of aryl methyl sites for hydroxylation is 1. The Labute approximate surface area is 193 Å². The van der Waals surface area contributed by atoms with Crippen molar-refractivity contribution >= 4 is 34.7 Å². The van der Waals surface area contributed by atoms with E-state index in [9.17, 15) is 9.59 Å². The number of hydrogen-bond acceptors (Lipinski definition) is 6. The van der Waals surface area contributed by atoms with Crippen molar-refractivity contribution in [3.05, 3.63) is 64.3 Å². The van der Waals surface area contributed by atoms with Crippen LogP contribution < -0.4 is 9.64 Å². The van der Waals surface area contributed by atoms with Crippen LogP contribution in [0.2, 0.25) is 5.02 Å². The minimum absolute atomic E-state index is 0.301. The van der Waals surface area contributed by atoms with Crippen LogP contribution in [0.4, 0.5) is 5.69 Å². The molecule has 8 heteroatoms. The maximum absolute atomic E-state index is 13.8. The predicted octanol–water partition coefficient (Wildman–Crippen LogP) is 3.54. The van der Waals surface area contributed by atoms with Gasteiger partial charge in [0, 0.05) is 32.3 Å². The van der Waals surface area contributed by atoms with E-state index in [4.69, 9.17) is 25.8 Å². The number of rotatable bonds is 10. The molecule has 2 aromatic carbocycles. The Morgan fingerprint density at radius 1 is 0.906 bits per heavy atom. The molecule has 1 aliphatic heterocycles. The van der Waals surface area contributed by atoms with E-state index >= 15 is 0 Å². The van der Waals surface area contributed by atoms with Crippen LogP contribution in [0.15, 0.2) is 48.2 Å². The third kappa shape index (κ3) is 4.80. The van der Waals surface area contributed by atoms with Gasteiger partial charge in [-0.2, -0.15) is 0 Å². The number of anilines is 1. The molecule has 0 bridgehead atoms. The first-order chi connectivity index (χ1) is 15.4. The van der Waals surface area contributed by atoms with Crippen LogP contribution in [0.1, 0.15) is 11.1 Å². The summed E-state index contributed by atoms with van der Waals surface area (Å²) in [6, 6.07) is 12.3. The summed E-state index contributed by atoms with van der Waals surface area (Å²) >= 11 is 6.06. The second-order valence-corrected chi connectivity index (χ2v) is 7.76. The standard InChI is InChI=1S/C24H27ClN2O5/c1-16-5-10-20(32-4)19(15-16)27-23(28)21(17-6-8-18(25)9-7-17)22(24(27)29)26(11-13-30-2)12-14-31-3/h5-10,15H,11-14H2,1-4H3. The van der Waals surface area contributed by atoms with Gasteiger partial charge in [-0.1, -0.05) is 29.8 Å². The van der Waals surface area contributed by atoms with E-state index < -0.39 is 11.8 Å². The number of carbonyl (C=O) groups excluding carboxylic acids is 2. The number of halogens is 1. The van der Waals surface area contributed by atoms with E-state index in [0.29, 0.717) is 59.6 Å². The van der Waals surface area contributed by atoms with E-state index in [1.54, 1.807) is 50.6 Å². The third-order valence-corrected chi connectivity index (χ3v) is 5.47. The molecule has 2 aromatic rings. The summed E-state index contributed by atoms with van der Waals surface area (Å²) in [5.41, 5.74) is 2.52. The number of ether oxygens (including phenoxy) is 3. The lowest BCUT2D eigenvalue weighted by Crippen LogP contribution is -2.37. The number of nitrogens with zero attached hydrogens (tertiary/aromatic N) is 2. The van der Waals surface area contributed by atoms with E-state index in [2.05, 4.69) is 0 Å². The molecule has 0 saturated heterocycles. The molecule has 0 N–H and O–H groups in total. The molecule has 32 heavy (non-hydrogen) atoms. The van der Waals surface area contributed by atoms with Gasteiger partial charge in [0.25, 0.3) is 11.8 Å². The molecule has 7 nitrogen and oxygen atoms in total. The zero-order valence-corrected chi connectivity index (χ0v) is 19.4. The summed E-state index contributed by atoms with van der Waals surface area (Å²) in [6.45, 7) is 3.51. The van der Waals surface area contributed by atoms with Crippen molar-refractivity contribution < 1.29 is 23.8 Å². The van der Waals surface area contributed by atoms with Crippen LogP contribution in [-0.4, -0.2) is 64.3 Å². The lowest BCUT2D eigenvalue weighted by Gasteiger charge is -2.26. The van der Waals surface area contributed by atoms with Gasteiger partial charge in [0.05, 0.1) is 31.6 Å². The molecule has 2 amide bonds. The molecular formula is C24H27ClN2O5.